The third kappa shape index (κ3) is 2.58. The van der Waals surface area contributed by atoms with Crippen LogP contribution >= 0.6 is 27.3 Å². The number of halogens is 1. The Morgan fingerprint density at radius 2 is 2.06 bits per heavy atom. The lowest BCUT2D eigenvalue weighted by Crippen LogP contribution is -2.00. The number of rotatable bonds is 3. The number of carbonyl (C=O) groups excluding carboxylic acids is 1. The fourth-order valence-corrected chi connectivity index (χ4v) is 2.74. The largest absolute Gasteiger partial charge is 0.497 e. The van der Waals surface area contributed by atoms with E-state index in [0.29, 0.717) is 11.3 Å². The van der Waals surface area contributed by atoms with E-state index in [2.05, 4.69) is 15.9 Å². The van der Waals surface area contributed by atoms with Gasteiger partial charge in [-0.1, -0.05) is 15.9 Å². The molecule has 0 unspecified atom stereocenters. The molecule has 0 radical (unpaired) electrons. The van der Waals surface area contributed by atoms with E-state index in [1.54, 1.807) is 13.2 Å². The van der Waals surface area contributed by atoms with Gasteiger partial charge in [-0.2, -0.15) is 0 Å². The zero-order valence-electron chi connectivity index (χ0n) is 9.49. The van der Waals surface area contributed by atoms with Crippen molar-refractivity contribution in [3.8, 4) is 5.75 Å². The Bertz CT molecular complexity index is 560. The van der Waals surface area contributed by atoms with Crippen molar-refractivity contribution < 1.29 is 9.53 Å². The first-order valence-corrected chi connectivity index (χ1v) is 6.67. The van der Waals surface area contributed by atoms with Gasteiger partial charge in [0.1, 0.15) is 5.75 Å². The second-order valence-corrected chi connectivity index (χ2v) is 5.73. The van der Waals surface area contributed by atoms with Crippen molar-refractivity contribution in [2.24, 2.45) is 0 Å². The number of hydrogen-bond donors (Lipinski definition) is 0. The van der Waals surface area contributed by atoms with Crippen LogP contribution in [0.15, 0.2) is 34.8 Å². The van der Waals surface area contributed by atoms with Crippen molar-refractivity contribution in [1.29, 1.82) is 0 Å². The van der Waals surface area contributed by atoms with Gasteiger partial charge >= 0.3 is 0 Å². The lowest BCUT2D eigenvalue weighted by atomic mass is 10.1. The third-order valence-electron chi connectivity index (χ3n) is 2.38. The highest BCUT2D eigenvalue weighted by Gasteiger charge is 2.15. The van der Waals surface area contributed by atoms with E-state index in [-0.39, 0.29) is 5.78 Å². The van der Waals surface area contributed by atoms with E-state index in [1.165, 1.54) is 11.3 Å². The summed E-state index contributed by atoms with van der Waals surface area (Å²) in [4.78, 5) is 14.2. The fraction of sp³-hybridized carbons (Fsp3) is 0.154. The van der Waals surface area contributed by atoms with Crippen LogP contribution in [0.3, 0.4) is 0 Å². The molecule has 17 heavy (non-hydrogen) atoms. The predicted molar refractivity (Wildman–Crippen MR) is 73.2 cm³/mol. The quantitative estimate of drug-likeness (QED) is 0.799. The molecule has 0 spiro atoms. The van der Waals surface area contributed by atoms with Crippen molar-refractivity contribution >= 4 is 33.0 Å². The molecule has 0 aliphatic heterocycles. The minimum Gasteiger partial charge on any atom is -0.497 e. The number of methoxy groups -OCH3 is 1. The highest BCUT2D eigenvalue weighted by atomic mass is 79.9. The average Bonchev–Trinajstić information content (AvgIpc) is 2.76. The summed E-state index contributed by atoms with van der Waals surface area (Å²) in [7, 11) is 1.59. The van der Waals surface area contributed by atoms with Gasteiger partial charge in [-0.05, 0) is 37.3 Å². The Hall–Kier alpha value is -1.13. The normalized spacial score (nSPS) is 10.3. The molecule has 0 fully saturated rings. The lowest BCUT2D eigenvalue weighted by molar-refractivity contribution is 0.104. The van der Waals surface area contributed by atoms with Crippen molar-refractivity contribution in [2.75, 3.05) is 7.11 Å². The van der Waals surface area contributed by atoms with Gasteiger partial charge in [-0.3, -0.25) is 4.79 Å². The Morgan fingerprint density at radius 1 is 1.29 bits per heavy atom. The molecule has 88 valence electrons. The van der Waals surface area contributed by atoms with Crippen molar-refractivity contribution in [3.05, 3.63) is 50.1 Å². The van der Waals surface area contributed by atoms with Gasteiger partial charge in [0, 0.05) is 14.9 Å². The molecule has 1 aromatic carbocycles. The number of thiophene rings is 1. The van der Waals surface area contributed by atoms with Crippen LogP contribution in [0.5, 0.6) is 5.75 Å². The Kier molecular flexibility index (Phi) is 3.64. The van der Waals surface area contributed by atoms with Crippen LogP contribution in [0.4, 0.5) is 0 Å². The highest BCUT2D eigenvalue weighted by Crippen LogP contribution is 2.27. The fourth-order valence-electron chi connectivity index (χ4n) is 1.49. The van der Waals surface area contributed by atoms with Gasteiger partial charge in [0.15, 0.2) is 0 Å². The average molecular weight is 311 g/mol. The maximum atomic E-state index is 12.3. The SMILES string of the molecule is COc1ccc(Br)c(C(=O)c2ccc(C)s2)c1. The van der Waals surface area contributed by atoms with Gasteiger partial charge in [0.2, 0.25) is 5.78 Å². The number of aryl methyl sites for hydroxylation is 1. The first kappa shape index (κ1) is 12.3. The van der Waals surface area contributed by atoms with Crippen LogP contribution in [0, 0.1) is 6.92 Å². The minimum absolute atomic E-state index is 0.0221. The molecule has 2 aromatic rings. The third-order valence-corrected chi connectivity index (χ3v) is 4.07. The van der Waals surface area contributed by atoms with Crippen LogP contribution < -0.4 is 4.74 Å². The van der Waals surface area contributed by atoms with Crippen molar-refractivity contribution in [3.63, 3.8) is 0 Å². The molecule has 0 aliphatic carbocycles. The number of ether oxygens (including phenoxy) is 1. The Labute approximate surface area is 112 Å². The number of ketones is 1. The molecule has 2 rings (SSSR count). The summed E-state index contributed by atoms with van der Waals surface area (Å²) < 4.78 is 5.92. The number of carbonyl (C=O) groups is 1. The maximum absolute atomic E-state index is 12.3. The van der Waals surface area contributed by atoms with E-state index in [4.69, 9.17) is 4.74 Å². The van der Waals surface area contributed by atoms with E-state index in [9.17, 15) is 4.79 Å². The van der Waals surface area contributed by atoms with Gasteiger partial charge in [-0.25, -0.2) is 0 Å². The summed E-state index contributed by atoms with van der Waals surface area (Å²) in [6.07, 6.45) is 0. The molecule has 2 nitrogen and oxygen atoms in total. The predicted octanol–water partition coefficient (Wildman–Crippen LogP) is 4.06. The Balaban J connectivity index is 2.43. The van der Waals surface area contributed by atoms with Gasteiger partial charge in [0.25, 0.3) is 0 Å². The molecule has 0 atom stereocenters. The van der Waals surface area contributed by atoms with Crippen molar-refractivity contribution in [2.45, 2.75) is 6.92 Å². The molecule has 0 saturated carbocycles. The van der Waals surface area contributed by atoms with E-state index >= 15 is 0 Å². The van der Waals surface area contributed by atoms with Gasteiger partial charge in [0.05, 0.1) is 12.0 Å². The molecular weight excluding hydrogens is 300 g/mol. The molecule has 0 saturated heterocycles. The van der Waals surface area contributed by atoms with Gasteiger partial charge < -0.3 is 4.74 Å². The first-order chi connectivity index (χ1) is 8.11. The minimum atomic E-state index is 0.0221. The van der Waals surface area contributed by atoms with Crippen LogP contribution in [-0.2, 0) is 0 Å². The van der Waals surface area contributed by atoms with Crippen LogP contribution in [0.2, 0.25) is 0 Å². The molecule has 1 heterocycles. The lowest BCUT2D eigenvalue weighted by Gasteiger charge is -2.05. The standard InChI is InChI=1S/C13H11BrO2S/c1-8-3-6-12(17-8)13(15)10-7-9(16-2)4-5-11(10)14/h3-7H,1-2H3. The van der Waals surface area contributed by atoms with Crippen LogP contribution in [0.25, 0.3) is 0 Å². The molecule has 0 aliphatic rings. The zero-order chi connectivity index (χ0) is 12.4. The smallest absolute Gasteiger partial charge is 0.204 e. The summed E-state index contributed by atoms with van der Waals surface area (Å²) in [5, 5.41) is 0. The monoisotopic (exact) mass is 310 g/mol. The Morgan fingerprint density at radius 3 is 2.65 bits per heavy atom. The summed E-state index contributed by atoms with van der Waals surface area (Å²) in [6.45, 7) is 1.99. The second-order valence-electron chi connectivity index (χ2n) is 3.59. The summed E-state index contributed by atoms with van der Waals surface area (Å²) in [5.41, 5.74) is 0.631. The highest BCUT2D eigenvalue weighted by molar-refractivity contribution is 9.10. The van der Waals surface area contributed by atoms with Crippen LogP contribution in [0.1, 0.15) is 20.1 Å². The number of benzene rings is 1. The zero-order valence-corrected chi connectivity index (χ0v) is 11.9. The molecule has 0 amide bonds. The maximum Gasteiger partial charge on any atom is 0.204 e. The molecular formula is C13H11BrO2S. The summed E-state index contributed by atoms with van der Waals surface area (Å²) in [5.74, 6) is 0.707. The molecule has 1 aromatic heterocycles. The molecule has 0 bridgehead atoms. The summed E-state index contributed by atoms with van der Waals surface area (Å²) >= 11 is 4.89. The van der Waals surface area contributed by atoms with E-state index < -0.39 is 0 Å². The second kappa shape index (κ2) is 5.02. The van der Waals surface area contributed by atoms with E-state index in [0.717, 1.165) is 14.2 Å². The van der Waals surface area contributed by atoms with Crippen molar-refractivity contribution in [1.82, 2.24) is 0 Å². The first-order valence-electron chi connectivity index (χ1n) is 5.06. The van der Waals surface area contributed by atoms with Gasteiger partial charge in [-0.15, -0.1) is 11.3 Å². The molecule has 0 N–H and O–H groups in total. The number of hydrogen-bond acceptors (Lipinski definition) is 3. The summed E-state index contributed by atoms with van der Waals surface area (Å²) in [6, 6.07) is 9.20. The topological polar surface area (TPSA) is 26.3 Å². The van der Waals surface area contributed by atoms with E-state index in [1.807, 2.05) is 31.2 Å². The van der Waals surface area contributed by atoms with Crippen LogP contribution in [-0.4, -0.2) is 12.9 Å². The molecule has 4 heteroatoms.